The van der Waals surface area contributed by atoms with Crippen LogP contribution in [0.1, 0.15) is 52.7 Å². The van der Waals surface area contributed by atoms with Crippen LogP contribution in [-0.4, -0.2) is 47.9 Å². The monoisotopic (exact) mass is 508 g/mol. The number of nitrogens with zero attached hydrogens (tertiary/aromatic N) is 2. The van der Waals surface area contributed by atoms with Crippen molar-refractivity contribution in [1.82, 2.24) is 9.80 Å². The molecule has 4 rings (SSSR count). The molecule has 36 heavy (non-hydrogen) atoms. The highest BCUT2D eigenvalue weighted by molar-refractivity contribution is 7.10. The molecule has 0 N–H and O–H groups in total. The summed E-state index contributed by atoms with van der Waals surface area (Å²) < 4.78 is 20.0. The molecule has 190 valence electrons. The SMILES string of the molecule is CC[C@H](C)CN(CC(=O)N1CCc2sccc2[C@H]1COc1ccccc1F)C(=O)c1cccc(C)c1. The minimum absolute atomic E-state index is 0.00716. The first-order valence-electron chi connectivity index (χ1n) is 12.5. The highest BCUT2D eigenvalue weighted by Crippen LogP contribution is 2.34. The van der Waals surface area contributed by atoms with Gasteiger partial charge in [-0.3, -0.25) is 9.59 Å². The lowest BCUT2D eigenvalue weighted by atomic mass is 10.00. The number of hydrogen-bond acceptors (Lipinski definition) is 4. The van der Waals surface area contributed by atoms with E-state index in [0.717, 1.165) is 24.0 Å². The molecular formula is C29H33FN2O3S. The zero-order chi connectivity index (χ0) is 25.7. The molecule has 1 aliphatic heterocycles. The third kappa shape index (κ3) is 5.95. The lowest BCUT2D eigenvalue weighted by Gasteiger charge is -2.37. The van der Waals surface area contributed by atoms with Gasteiger partial charge in [-0.05, 0) is 60.5 Å². The molecule has 0 fully saturated rings. The van der Waals surface area contributed by atoms with Gasteiger partial charge in [0.15, 0.2) is 11.6 Å². The number of fused-ring (bicyclic) bond motifs is 1. The Kier molecular flexibility index (Phi) is 8.41. The van der Waals surface area contributed by atoms with Gasteiger partial charge >= 0.3 is 0 Å². The van der Waals surface area contributed by atoms with Gasteiger partial charge in [0.1, 0.15) is 13.2 Å². The first kappa shape index (κ1) is 25.9. The Balaban J connectivity index is 1.55. The molecule has 0 radical (unpaired) electrons. The standard InChI is InChI=1S/C29H33FN2O3S/c1-4-20(2)17-31(29(34)22-9-7-8-21(3)16-22)18-28(33)32-14-12-27-23(13-15-36-27)25(32)19-35-26-11-6-5-10-24(26)30/h5-11,13,15-16,20,25H,4,12,14,17-19H2,1-3H3/t20-,25+/m0/s1. The number of amides is 2. The van der Waals surface area contributed by atoms with E-state index in [1.807, 2.05) is 36.6 Å². The van der Waals surface area contributed by atoms with Crippen molar-refractivity contribution in [3.05, 3.63) is 87.4 Å². The number of ether oxygens (including phenoxy) is 1. The number of benzene rings is 2. The molecule has 0 saturated carbocycles. The molecule has 0 bridgehead atoms. The van der Waals surface area contributed by atoms with Crippen LogP contribution < -0.4 is 4.74 Å². The van der Waals surface area contributed by atoms with E-state index in [-0.39, 0.29) is 42.7 Å². The van der Waals surface area contributed by atoms with Crippen LogP contribution in [0.2, 0.25) is 0 Å². The summed E-state index contributed by atoms with van der Waals surface area (Å²) in [5, 5.41) is 2.02. The van der Waals surface area contributed by atoms with Crippen molar-refractivity contribution in [2.75, 3.05) is 26.2 Å². The average Bonchev–Trinajstić information content (AvgIpc) is 3.36. The molecule has 0 aliphatic carbocycles. The van der Waals surface area contributed by atoms with Crippen LogP contribution in [0.3, 0.4) is 0 Å². The number of rotatable bonds is 9. The molecule has 7 heteroatoms. The highest BCUT2D eigenvalue weighted by atomic mass is 32.1. The maximum atomic E-state index is 14.2. The molecule has 1 aromatic heterocycles. The molecule has 0 spiro atoms. The van der Waals surface area contributed by atoms with Gasteiger partial charge in [0.25, 0.3) is 5.91 Å². The fourth-order valence-corrected chi connectivity index (χ4v) is 5.47. The fraction of sp³-hybridized carbons (Fsp3) is 0.379. The molecule has 0 saturated heterocycles. The van der Waals surface area contributed by atoms with Gasteiger partial charge in [0, 0.05) is 23.5 Å². The largest absolute Gasteiger partial charge is 0.488 e. The molecule has 2 amide bonds. The summed E-state index contributed by atoms with van der Waals surface area (Å²) in [6.07, 6.45) is 1.67. The minimum Gasteiger partial charge on any atom is -0.488 e. The van der Waals surface area contributed by atoms with Crippen molar-refractivity contribution in [2.45, 2.75) is 39.7 Å². The first-order valence-corrected chi connectivity index (χ1v) is 13.3. The van der Waals surface area contributed by atoms with Gasteiger partial charge in [-0.2, -0.15) is 0 Å². The Morgan fingerprint density at radius 1 is 1.19 bits per heavy atom. The Morgan fingerprint density at radius 2 is 2.00 bits per heavy atom. The van der Waals surface area contributed by atoms with Crippen LogP contribution in [0.25, 0.3) is 0 Å². The summed E-state index contributed by atoms with van der Waals surface area (Å²) in [6.45, 7) is 7.30. The maximum absolute atomic E-state index is 14.2. The Labute approximate surface area is 216 Å². The molecule has 2 atom stereocenters. The number of para-hydroxylation sites is 1. The van der Waals surface area contributed by atoms with E-state index in [4.69, 9.17) is 4.74 Å². The van der Waals surface area contributed by atoms with Gasteiger partial charge in [-0.25, -0.2) is 4.39 Å². The number of halogens is 1. The molecular weight excluding hydrogens is 475 g/mol. The summed E-state index contributed by atoms with van der Waals surface area (Å²) in [5.41, 5.74) is 2.63. The van der Waals surface area contributed by atoms with Crippen molar-refractivity contribution in [3.8, 4) is 5.75 Å². The van der Waals surface area contributed by atoms with Crippen molar-refractivity contribution < 1.29 is 18.7 Å². The predicted octanol–water partition coefficient (Wildman–Crippen LogP) is 5.89. The maximum Gasteiger partial charge on any atom is 0.254 e. The topological polar surface area (TPSA) is 49.9 Å². The van der Waals surface area contributed by atoms with Gasteiger partial charge in [-0.15, -0.1) is 11.3 Å². The smallest absolute Gasteiger partial charge is 0.254 e. The summed E-state index contributed by atoms with van der Waals surface area (Å²) in [7, 11) is 0. The highest BCUT2D eigenvalue weighted by Gasteiger charge is 2.34. The van der Waals surface area contributed by atoms with E-state index in [2.05, 4.69) is 13.8 Å². The minimum atomic E-state index is -0.430. The normalized spacial score (nSPS) is 15.8. The number of hydrogen-bond donors (Lipinski definition) is 0. The first-order chi connectivity index (χ1) is 17.4. The van der Waals surface area contributed by atoms with Crippen molar-refractivity contribution in [2.24, 2.45) is 5.92 Å². The van der Waals surface area contributed by atoms with Crippen LogP contribution in [0.15, 0.2) is 60.0 Å². The predicted molar refractivity (Wildman–Crippen MR) is 141 cm³/mol. The van der Waals surface area contributed by atoms with Crippen LogP contribution in [0, 0.1) is 18.7 Å². The molecule has 2 aromatic carbocycles. The summed E-state index contributed by atoms with van der Waals surface area (Å²) in [4.78, 5) is 31.8. The molecule has 2 heterocycles. The van der Waals surface area contributed by atoms with E-state index in [1.54, 1.807) is 45.4 Å². The lowest BCUT2D eigenvalue weighted by Crippen LogP contribution is -2.48. The summed E-state index contributed by atoms with van der Waals surface area (Å²) >= 11 is 1.66. The number of carbonyl (C=O) groups excluding carboxylic acids is 2. The van der Waals surface area contributed by atoms with Crippen LogP contribution in [0.5, 0.6) is 5.75 Å². The molecule has 5 nitrogen and oxygen atoms in total. The zero-order valence-corrected chi connectivity index (χ0v) is 21.9. The van der Waals surface area contributed by atoms with E-state index in [0.29, 0.717) is 18.7 Å². The molecule has 0 unspecified atom stereocenters. The third-order valence-electron chi connectivity index (χ3n) is 6.76. The van der Waals surface area contributed by atoms with Crippen molar-refractivity contribution in [3.63, 3.8) is 0 Å². The van der Waals surface area contributed by atoms with Crippen LogP contribution in [-0.2, 0) is 11.2 Å². The summed E-state index contributed by atoms with van der Waals surface area (Å²) in [6, 6.07) is 15.4. The second kappa shape index (κ2) is 11.7. The Hall–Kier alpha value is -3.19. The van der Waals surface area contributed by atoms with Gasteiger partial charge in [0.05, 0.1) is 6.04 Å². The lowest BCUT2D eigenvalue weighted by molar-refractivity contribution is -0.135. The fourth-order valence-electron chi connectivity index (χ4n) is 4.54. The summed E-state index contributed by atoms with van der Waals surface area (Å²) in [5.74, 6) is -0.268. The van der Waals surface area contributed by atoms with E-state index in [1.165, 1.54) is 10.9 Å². The van der Waals surface area contributed by atoms with Crippen LogP contribution in [0.4, 0.5) is 4.39 Å². The van der Waals surface area contributed by atoms with Crippen molar-refractivity contribution >= 4 is 23.2 Å². The number of carbonyl (C=O) groups is 2. The van der Waals surface area contributed by atoms with Gasteiger partial charge in [-0.1, -0.05) is 50.1 Å². The quantitative estimate of drug-likeness (QED) is 0.362. The van der Waals surface area contributed by atoms with Crippen LogP contribution >= 0.6 is 11.3 Å². The molecule has 1 aliphatic rings. The molecule has 3 aromatic rings. The van der Waals surface area contributed by atoms with Crippen molar-refractivity contribution in [1.29, 1.82) is 0 Å². The zero-order valence-electron chi connectivity index (χ0n) is 21.1. The van der Waals surface area contributed by atoms with Gasteiger partial charge < -0.3 is 14.5 Å². The number of aryl methyl sites for hydroxylation is 1. The van der Waals surface area contributed by atoms with E-state index in [9.17, 15) is 14.0 Å². The second-order valence-electron chi connectivity index (χ2n) is 9.46. The van der Waals surface area contributed by atoms with E-state index < -0.39 is 5.82 Å². The Morgan fingerprint density at radius 3 is 2.75 bits per heavy atom. The Bertz CT molecular complexity index is 1210. The third-order valence-corrected chi connectivity index (χ3v) is 7.75. The average molecular weight is 509 g/mol. The van der Waals surface area contributed by atoms with E-state index >= 15 is 0 Å². The number of thiophene rings is 1. The second-order valence-corrected chi connectivity index (χ2v) is 10.5. The van der Waals surface area contributed by atoms with Gasteiger partial charge in [0.2, 0.25) is 5.91 Å².